The molecule has 0 aliphatic rings. The Morgan fingerprint density at radius 2 is 1.19 bits per heavy atom. The van der Waals surface area contributed by atoms with E-state index in [4.69, 9.17) is 14.9 Å². The van der Waals surface area contributed by atoms with Crippen molar-refractivity contribution in [3.8, 4) is 0 Å². The van der Waals surface area contributed by atoms with Crippen molar-refractivity contribution in [3.63, 3.8) is 0 Å². The van der Waals surface area contributed by atoms with E-state index in [1.165, 1.54) is 70.6 Å². The summed E-state index contributed by atoms with van der Waals surface area (Å²) in [6.07, 6.45) is 33.7. The Balaban J connectivity index is 4.27. The van der Waals surface area contributed by atoms with Gasteiger partial charge in [-0.2, -0.15) is 0 Å². The van der Waals surface area contributed by atoms with Crippen LogP contribution in [0.25, 0.3) is 0 Å². The Labute approximate surface area is 285 Å². The molecule has 0 aliphatic heterocycles. The van der Waals surface area contributed by atoms with E-state index in [-0.39, 0.29) is 24.5 Å². The number of esters is 1. The summed E-state index contributed by atoms with van der Waals surface area (Å²) in [6.45, 7) is 3.39. The van der Waals surface area contributed by atoms with E-state index in [1.54, 1.807) is 0 Å². The van der Waals surface area contributed by atoms with E-state index in [2.05, 4.69) is 48.8 Å². The Bertz CT molecular complexity index is 859. The smallest absolute Gasteiger partial charge is 0.328 e. The predicted octanol–water partition coefficient (Wildman–Crippen LogP) is 8.09. The number of ether oxygens (including phenoxy) is 1. The van der Waals surface area contributed by atoms with E-state index in [1.807, 2.05) is 0 Å². The van der Waals surface area contributed by atoms with Crippen LogP contribution in [0.1, 0.15) is 168 Å². The second-order valence-electron chi connectivity index (χ2n) is 12.7. The Kier molecular flexibility index (Phi) is 31.3. The molecule has 0 heterocycles. The first kappa shape index (κ1) is 44.3. The molecule has 2 unspecified atom stereocenters. The Morgan fingerprint density at radius 3 is 1.81 bits per heavy atom. The van der Waals surface area contributed by atoms with Gasteiger partial charge in [0.1, 0.15) is 12.1 Å². The van der Waals surface area contributed by atoms with Gasteiger partial charge in [0.25, 0.3) is 0 Å². The van der Waals surface area contributed by atoms with Gasteiger partial charge in [0.2, 0.25) is 11.8 Å². The van der Waals surface area contributed by atoms with Gasteiger partial charge in [0.05, 0.1) is 13.2 Å². The molecule has 0 aromatic rings. The van der Waals surface area contributed by atoms with Crippen molar-refractivity contribution in [1.82, 2.24) is 10.6 Å². The fraction of sp³-hybridized carbons (Fsp3) is 0.789. The maximum absolute atomic E-state index is 12.6. The van der Waals surface area contributed by atoms with Gasteiger partial charge < -0.3 is 25.6 Å². The third kappa shape index (κ3) is 30.4. The lowest BCUT2D eigenvalue weighted by atomic mass is 10.0. The summed E-state index contributed by atoms with van der Waals surface area (Å²) in [7, 11) is 0. The summed E-state index contributed by atoms with van der Waals surface area (Å²) in [6, 6.07) is -1.38. The zero-order valence-electron chi connectivity index (χ0n) is 29.8. The van der Waals surface area contributed by atoms with E-state index in [0.29, 0.717) is 19.3 Å². The minimum atomic E-state index is -1.38. The molecular weight excluding hydrogens is 596 g/mol. The molecule has 0 saturated carbocycles. The number of aliphatic carboxylic acids is 1. The average molecular weight is 665 g/mol. The summed E-state index contributed by atoms with van der Waals surface area (Å²) in [4.78, 5) is 47.2. The van der Waals surface area contributed by atoms with Gasteiger partial charge in [-0.3, -0.25) is 14.4 Å². The van der Waals surface area contributed by atoms with Gasteiger partial charge >= 0.3 is 11.9 Å². The van der Waals surface area contributed by atoms with Crippen LogP contribution in [-0.4, -0.2) is 59.3 Å². The van der Waals surface area contributed by atoms with Gasteiger partial charge in [-0.05, 0) is 63.9 Å². The number of allylic oxidation sites excluding steroid dienone is 3. The number of hydrogen-bond acceptors (Lipinski definition) is 6. The monoisotopic (exact) mass is 665 g/mol. The minimum absolute atomic E-state index is 0.0902. The third-order valence-electron chi connectivity index (χ3n) is 8.14. The second kappa shape index (κ2) is 33.2. The van der Waals surface area contributed by atoms with Crippen LogP contribution in [0.4, 0.5) is 0 Å². The number of rotatable bonds is 33. The number of carbonyl (C=O) groups is 4. The van der Waals surface area contributed by atoms with Gasteiger partial charge in [0.15, 0.2) is 0 Å². The van der Waals surface area contributed by atoms with Gasteiger partial charge in [-0.1, -0.05) is 116 Å². The van der Waals surface area contributed by atoms with Crippen LogP contribution in [0.2, 0.25) is 0 Å². The lowest BCUT2D eigenvalue weighted by Crippen LogP contribution is -2.47. The largest absolute Gasteiger partial charge is 0.480 e. The molecule has 0 aromatic heterocycles. The minimum Gasteiger partial charge on any atom is -0.480 e. The van der Waals surface area contributed by atoms with E-state index in [9.17, 15) is 19.2 Å². The SMILES string of the molecule is CCC/C=C\CCCCCCCC(=O)OC(/C=C\CCCCCCCC)CCCCCCCCC(=O)NCC(=O)NC(CO)C(=O)O. The highest BCUT2D eigenvalue weighted by Gasteiger charge is 2.18. The molecule has 0 saturated heterocycles. The molecule has 0 rings (SSSR count). The predicted molar refractivity (Wildman–Crippen MR) is 190 cm³/mol. The number of hydrogen-bond donors (Lipinski definition) is 4. The molecule has 0 radical (unpaired) electrons. The van der Waals surface area contributed by atoms with E-state index in [0.717, 1.165) is 64.2 Å². The van der Waals surface area contributed by atoms with Crippen LogP contribution in [0.3, 0.4) is 0 Å². The van der Waals surface area contributed by atoms with Crippen LogP contribution in [0.5, 0.6) is 0 Å². The highest BCUT2D eigenvalue weighted by Crippen LogP contribution is 2.15. The zero-order chi connectivity index (χ0) is 34.8. The molecule has 2 atom stereocenters. The molecule has 0 aromatic carbocycles. The summed E-state index contributed by atoms with van der Waals surface area (Å²) < 4.78 is 5.89. The van der Waals surface area contributed by atoms with Crippen LogP contribution >= 0.6 is 0 Å². The lowest BCUT2D eigenvalue weighted by molar-refractivity contribution is -0.147. The summed E-state index contributed by atoms with van der Waals surface area (Å²) >= 11 is 0. The molecule has 47 heavy (non-hydrogen) atoms. The fourth-order valence-corrected chi connectivity index (χ4v) is 5.21. The number of amides is 2. The molecule has 4 N–H and O–H groups in total. The van der Waals surface area contributed by atoms with Crippen molar-refractivity contribution in [2.24, 2.45) is 0 Å². The summed E-state index contributed by atoms with van der Waals surface area (Å²) in [5.41, 5.74) is 0. The second-order valence-corrected chi connectivity index (χ2v) is 12.7. The topological polar surface area (TPSA) is 142 Å². The molecule has 272 valence electrons. The van der Waals surface area contributed by atoms with Crippen LogP contribution in [0.15, 0.2) is 24.3 Å². The lowest BCUT2D eigenvalue weighted by Gasteiger charge is -2.15. The molecule has 9 nitrogen and oxygen atoms in total. The molecule has 0 aliphatic carbocycles. The normalized spacial score (nSPS) is 12.7. The quantitative estimate of drug-likeness (QED) is 0.0316. The number of unbranched alkanes of at least 4 members (excludes halogenated alkanes) is 17. The highest BCUT2D eigenvalue weighted by atomic mass is 16.5. The first-order valence-corrected chi connectivity index (χ1v) is 18.7. The number of nitrogens with one attached hydrogen (secondary N) is 2. The molecule has 0 fully saturated rings. The number of carboxylic acids is 1. The number of aliphatic hydroxyl groups excluding tert-OH is 1. The summed E-state index contributed by atoms with van der Waals surface area (Å²) in [5.74, 6) is -2.34. The third-order valence-corrected chi connectivity index (χ3v) is 8.14. The van der Waals surface area contributed by atoms with Crippen molar-refractivity contribution in [3.05, 3.63) is 24.3 Å². The van der Waals surface area contributed by atoms with Crippen LogP contribution < -0.4 is 10.6 Å². The van der Waals surface area contributed by atoms with Crippen molar-refractivity contribution in [2.45, 2.75) is 180 Å². The Morgan fingerprint density at radius 1 is 0.638 bits per heavy atom. The highest BCUT2D eigenvalue weighted by molar-refractivity contribution is 5.87. The summed E-state index contributed by atoms with van der Waals surface area (Å²) in [5, 5.41) is 22.4. The van der Waals surface area contributed by atoms with E-state index < -0.39 is 24.5 Å². The average Bonchev–Trinajstić information content (AvgIpc) is 3.05. The van der Waals surface area contributed by atoms with Gasteiger partial charge in [-0.25, -0.2) is 4.79 Å². The van der Waals surface area contributed by atoms with Crippen molar-refractivity contribution in [1.29, 1.82) is 0 Å². The van der Waals surface area contributed by atoms with Crippen LogP contribution in [0, 0.1) is 0 Å². The van der Waals surface area contributed by atoms with Crippen molar-refractivity contribution in [2.75, 3.05) is 13.2 Å². The van der Waals surface area contributed by atoms with E-state index >= 15 is 0 Å². The molecule has 0 spiro atoms. The maximum Gasteiger partial charge on any atom is 0.328 e. The molecule has 9 heteroatoms. The molecular formula is C38H68N2O7. The first-order valence-electron chi connectivity index (χ1n) is 18.7. The first-order chi connectivity index (χ1) is 22.8. The maximum atomic E-state index is 12.6. The van der Waals surface area contributed by atoms with Gasteiger partial charge in [0, 0.05) is 12.8 Å². The van der Waals surface area contributed by atoms with Crippen LogP contribution in [-0.2, 0) is 23.9 Å². The van der Waals surface area contributed by atoms with Gasteiger partial charge in [-0.15, -0.1) is 0 Å². The number of carboxylic acid groups (broad SMARTS) is 1. The van der Waals surface area contributed by atoms with Crippen molar-refractivity contribution >= 4 is 23.8 Å². The Hall–Kier alpha value is -2.68. The van der Waals surface area contributed by atoms with Crippen molar-refractivity contribution < 1.29 is 34.1 Å². The standard InChI is InChI=1S/C38H68N2O7/c1-3-5-7-9-11-13-14-16-22-26-30-37(44)47-33(27-23-19-15-12-10-8-6-4-2)28-24-20-17-18-21-25-29-35(42)39-31-36(43)40-34(32-41)38(45)46/h7,9,23,27,33-34,41H,3-6,8,10-22,24-26,28-32H2,1-2H3,(H,39,42)(H,40,43)(H,45,46)/b9-7-,27-23-. The molecule has 0 bridgehead atoms. The number of aliphatic hydroxyl groups is 1. The number of carbonyl (C=O) groups excluding carboxylic acids is 3. The zero-order valence-corrected chi connectivity index (χ0v) is 29.8. The molecule has 2 amide bonds. The fourth-order valence-electron chi connectivity index (χ4n) is 5.21.